The molecule has 0 aliphatic rings. The van der Waals surface area contributed by atoms with E-state index in [0.29, 0.717) is 0 Å². The first-order chi connectivity index (χ1) is 7.63. The summed E-state index contributed by atoms with van der Waals surface area (Å²) in [6.45, 7) is 4.14. The number of benzene rings is 1. The first-order valence-corrected chi connectivity index (χ1v) is 5.59. The monoisotopic (exact) mass is 220 g/mol. The van der Waals surface area contributed by atoms with Crippen LogP contribution in [-0.2, 0) is 0 Å². The van der Waals surface area contributed by atoms with Crippen molar-refractivity contribution >= 4 is 0 Å². The lowest BCUT2D eigenvalue weighted by molar-refractivity contribution is 0.168. The van der Waals surface area contributed by atoms with Crippen molar-refractivity contribution in [3.8, 4) is 5.75 Å². The lowest BCUT2D eigenvalue weighted by Crippen LogP contribution is -1.96. The van der Waals surface area contributed by atoms with Crippen LogP contribution >= 0.6 is 0 Å². The smallest absolute Gasteiger partial charge is 0.118 e. The first-order valence-electron chi connectivity index (χ1n) is 5.59. The Hall–Kier alpha value is -1.28. The number of aliphatic hydroxyl groups excluding tert-OH is 1. The maximum atomic E-state index is 9.93. The van der Waals surface area contributed by atoms with Gasteiger partial charge in [-0.3, -0.25) is 0 Å². The van der Waals surface area contributed by atoms with Crippen LogP contribution in [0.1, 0.15) is 38.4 Å². The van der Waals surface area contributed by atoms with Crippen LogP contribution in [0.15, 0.2) is 35.9 Å². The van der Waals surface area contributed by atoms with Crippen LogP contribution in [0, 0.1) is 0 Å². The quantitative estimate of drug-likeness (QED) is 0.770. The number of allylic oxidation sites excluding steroid dienone is 2. The van der Waals surface area contributed by atoms with Gasteiger partial charge in [0.1, 0.15) is 5.75 Å². The summed E-state index contributed by atoms with van der Waals surface area (Å²) in [6, 6.07) is 7.57. The molecule has 1 rings (SSSR count). The number of ether oxygens (including phenoxy) is 1. The molecule has 0 bridgehead atoms. The Bertz CT molecular complexity index is 334. The predicted octanol–water partition coefficient (Wildman–Crippen LogP) is 3.48. The van der Waals surface area contributed by atoms with Crippen molar-refractivity contribution in [2.45, 2.75) is 32.8 Å². The summed E-state index contributed by atoms with van der Waals surface area (Å²) in [5.74, 6) is 0.820. The molecule has 0 unspecified atom stereocenters. The summed E-state index contributed by atoms with van der Waals surface area (Å²) in [5, 5.41) is 9.93. The molecule has 2 heteroatoms. The predicted molar refractivity (Wildman–Crippen MR) is 66.6 cm³/mol. The van der Waals surface area contributed by atoms with Crippen LogP contribution in [-0.4, -0.2) is 12.2 Å². The third kappa shape index (κ3) is 4.07. The van der Waals surface area contributed by atoms with E-state index in [4.69, 9.17) is 4.74 Å². The van der Waals surface area contributed by atoms with Crippen molar-refractivity contribution in [3.63, 3.8) is 0 Å². The van der Waals surface area contributed by atoms with Gasteiger partial charge in [-0.05, 0) is 44.4 Å². The van der Waals surface area contributed by atoms with E-state index >= 15 is 0 Å². The van der Waals surface area contributed by atoms with Gasteiger partial charge >= 0.3 is 0 Å². The minimum Gasteiger partial charge on any atom is -0.497 e. The van der Waals surface area contributed by atoms with Crippen molar-refractivity contribution in [3.05, 3.63) is 41.5 Å². The fraction of sp³-hybridized carbons (Fsp3) is 0.429. The molecule has 0 aromatic heterocycles. The Labute approximate surface area is 97.6 Å². The molecule has 16 heavy (non-hydrogen) atoms. The molecule has 0 amide bonds. The zero-order valence-corrected chi connectivity index (χ0v) is 10.2. The van der Waals surface area contributed by atoms with Crippen molar-refractivity contribution in [1.82, 2.24) is 0 Å². The van der Waals surface area contributed by atoms with E-state index in [1.54, 1.807) is 7.11 Å². The minimum atomic E-state index is -0.387. The number of rotatable bonds is 5. The van der Waals surface area contributed by atoms with E-state index in [9.17, 15) is 5.11 Å². The third-order valence-electron chi connectivity index (χ3n) is 2.49. The molecule has 1 N–H and O–H groups in total. The van der Waals surface area contributed by atoms with Gasteiger partial charge in [0.15, 0.2) is 0 Å². The largest absolute Gasteiger partial charge is 0.497 e. The Morgan fingerprint density at radius 3 is 2.44 bits per heavy atom. The van der Waals surface area contributed by atoms with Crippen LogP contribution < -0.4 is 4.74 Å². The molecule has 0 spiro atoms. The van der Waals surface area contributed by atoms with Gasteiger partial charge in [-0.1, -0.05) is 23.8 Å². The molecule has 1 aromatic rings. The van der Waals surface area contributed by atoms with Crippen LogP contribution in [0.2, 0.25) is 0 Å². The summed E-state index contributed by atoms with van der Waals surface area (Å²) in [4.78, 5) is 0. The van der Waals surface area contributed by atoms with Gasteiger partial charge in [-0.25, -0.2) is 0 Å². The van der Waals surface area contributed by atoms with Crippen molar-refractivity contribution in [2.24, 2.45) is 0 Å². The summed E-state index contributed by atoms with van der Waals surface area (Å²) in [6.07, 6.45) is 3.43. The summed E-state index contributed by atoms with van der Waals surface area (Å²) >= 11 is 0. The van der Waals surface area contributed by atoms with E-state index in [2.05, 4.69) is 19.9 Å². The molecule has 0 heterocycles. The molecule has 0 saturated carbocycles. The second kappa shape index (κ2) is 6.33. The first kappa shape index (κ1) is 12.8. The third-order valence-corrected chi connectivity index (χ3v) is 2.49. The van der Waals surface area contributed by atoms with Gasteiger partial charge in [0.25, 0.3) is 0 Å². The normalized spacial score (nSPS) is 12.0. The molecule has 2 nitrogen and oxygen atoms in total. The van der Waals surface area contributed by atoms with Gasteiger partial charge in [-0.15, -0.1) is 0 Å². The van der Waals surface area contributed by atoms with Gasteiger partial charge in [0, 0.05) is 0 Å². The average molecular weight is 220 g/mol. The average Bonchev–Trinajstić information content (AvgIpc) is 2.28. The molecular weight excluding hydrogens is 200 g/mol. The van der Waals surface area contributed by atoms with Crippen LogP contribution in [0.25, 0.3) is 0 Å². The summed E-state index contributed by atoms with van der Waals surface area (Å²) in [5.41, 5.74) is 2.24. The van der Waals surface area contributed by atoms with E-state index in [1.165, 1.54) is 5.57 Å². The second-order valence-electron chi connectivity index (χ2n) is 4.15. The molecule has 0 fully saturated rings. The maximum Gasteiger partial charge on any atom is 0.118 e. The summed E-state index contributed by atoms with van der Waals surface area (Å²) in [7, 11) is 1.64. The lowest BCUT2D eigenvalue weighted by Gasteiger charge is -2.10. The van der Waals surface area contributed by atoms with Gasteiger partial charge in [0.05, 0.1) is 13.2 Å². The molecule has 0 aliphatic carbocycles. The van der Waals surface area contributed by atoms with E-state index < -0.39 is 0 Å². The fourth-order valence-corrected chi connectivity index (χ4v) is 1.52. The van der Waals surface area contributed by atoms with Gasteiger partial charge in [0.2, 0.25) is 0 Å². The fourth-order valence-electron chi connectivity index (χ4n) is 1.52. The Morgan fingerprint density at radius 1 is 1.31 bits per heavy atom. The van der Waals surface area contributed by atoms with Crippen LogP contribution in [0.3, 0.4) is 0 Å². The molecule has 88 valence electrons. The highest BCUT2D eigenvalue weighted by Crippen LogP contribution is 2.21. The van der Waals surface area contributed by atoms with Gasteiger partial charge in [-0.2, -0.15) is 0 Å². The van der Waals surface area contributed by atoms with E-state index in [1.807, 2.05) is 24.3 Å². The molecule has 1 atom stereocenters. The zero-order valence-electron chi connectivity index (χ0n) is 10.2. The zero-order chi connectivity index (χ0) is 12.0. The van der Waals surface area contributed by atoms with Crippen LogP contribution in [0.4, 0.5) is 0 Å². The SMILES string of the molecule is COc1ccc([C@@H](O)CCC=C(C)C)cc1. The second-order valence-corrected chi connectivity index (χ2v) is 4.15. The Morgan fingerprint density at radius 2 is 1.94 bits per heavy atom. The summed E-state index contributed by atoms with van der Waals surface area (Å²) < 4.78 is 5.07. The number of hydrogen-bond donors (Lipinski definition) is 1. The number of methoxy groups -OCH3 is 1. The van der Waals surface area contributed by atoms with Crippen LogP contribution in [0.5, 0.6) is 5.75 Å². The highest BCUT2D eigenvalue weighted by Gasteiger charge is 2.06. The number of hydrogen-bond acceptors (Lipinski definition) is 2. The van der Waals surface area contributed by atoms with Crippen molar-refractivity contribution < 1.29 is 9.84 Å². The minimum absolute atomic E-state index is 0.387. The molecule has 0 saturated heterocycles. The highest BCUT2D eigenvalue weighted by molar-refractivity contribution is 5.28. The molecular formula is C14H20O2. The maximum absolute atomic E-state index is 9.93. The standard InChI is InChI=1S/C14H20O2/c1-11(2)5-4-6-14(15)12-7-9-13(16-3)10-8-12/h5,7-10,14-15H,4,6H2,1-3H3/t14-/m0/s1. The Kier molecular flexibility index (Phi) is 5.06. The molecule has 0 radical (unpaired) electrons. The van der Waals surface area contributed by atoms with E-state index in [0.717, 1.165) is 24.2 Å². The Balaban J connectivity index is 2.52. The number of aliphatic hydroxyl groups is 1. The molecule has 1 aromatic carbocycles. The lowest BCUT2D eigenvalue weighted by atomic mass is 10.0. The van der Waals surface area contributed by atoms with E-state index in [-0.39, 0.29) is 6.10 Å². The topological polar surface area (TPSA) is 29.5 Å². The van der Waals surface area contributed by atoms with Crippen molar-refractivity contribution in [1.29, 1.82) is 0 Å². The molecule has 0 aliphatic heterocycles. The highest BCUT2D eigenvalue weighted by atomic mass is 16.5. The van der Waals surface area contributed by atoms with Crippen molar-refractivity contribution in [2.75, 3.05) is 7.11 Å². The van der Waals surface area contributed by atoms with Gasteiger partial charge < -0.3 is 9.84 Å².